The van der Waals surface area contributed by atoms with Gasteiger partial charge in [0.1, 0.15) is 5.75 Å². The lowest BCUT2D eigenvalue weighted by Crippen LogP contribution is -2.07. The fourth-order valence-corrected chi connectivity index (χ4v) is 3.07. The molecule has 0 saturated heterocycles. The van der Waals surface area contributed by atoms with E-state index in [9.17, 15) is 9.90 Å². The van der Waals surface area contributed by atoms with Gasteiger partial charge in [-0.1, -0.05) is 44.2 Å². The van der Waals surface area contributed by atoms with E-state index in [1.54, 1.807) is 12.1 Å². The Morgan fingerprint density at radius 2 is 1.86 bits per heavy atom. The van der Waals surface area contributed by atoms with E-state index >= 15 is 0 Å². The Morgan fingerprint density at radius 3 is 2.50 bits per heavy atom. The maximum absolute atomic E-state index is 11.6. The fourth-order valence-electron chi connectivity index (χ4n) is 3.07. The molecule has 3 heteroatoms. The van der Waals surface area contributed by atoms with Gasteiger partial charge in [0.25, 0.3) is 0 Å². The third kappa shape index (κ3) is 2.39. The zero-order chi connectivity index (χ0) is 15.7. The van der Waals surface area contributed by atoms with E-state index in [-0.39, 0.29) is 11.7 Å². The predicted molar refractivity (Wildman–Crippen MR) is 88.6 cm³/mol. The lowest BCUT2D eigenvalue weighted by Gasteiger charge is -2.14. The van der Waals surface area contributed by atoms with Crippen LogP contribution >= 0.6 is 0 Å². The topological polar surface area (TPSA) is 42.2 Å². The molecule has 0 amide bonds. The molecule has 2 aromatic carbocycles. The highest BCUT2D eigenvalue weighted by Gasteiger charge is 2.19. The van der Waals surface area contributed by atoms with Gasteiger partial charge in [-0.2, -0.15) is 0 Å². The molecule has 0 unspecified atom stereocenters. The average molecular weight is 293 g/mol. The first-order valence-corrected chi connectivity index (χ1v) is 7.46. The summed E-state index contributed by atoms with van der Waals surface area (Å²) >= 11 is 0. The van der Waals surface area contributed by atoms with Crippen molar-refractivity contribution in [2.24, 2.45) is 0 Å². The molecule has 22 heavy (non-hydrogen) atoms. The molecule has 3 nitrogen and oxygen atoms in total. The Balaban J connectivity index is 2.27. The summed E-state index contributed by atoms with van der Waals surface area (Å²) in [6.45, 7) is 4.88. The minimum atomic E-state index is 0.183. The number of aromatic nitrogens is 1. The summed E-state index contributed by atoms with van der Waals surface area (Å²) in [5.41, 5.74) is 3.86. The highest BCUT2D eigenvalue weighted by atomic mass is 16.3. The molecule has 0 spiro atoms. The van der Waals surface area contributed by atoms with Crippen molar-refractivity contribution < 1.29 is 9.90 Å². The lowest BCUT2D eigenvalue weighted by atomic mass is 10.0. The fraction of sp³-hybridized carbons (Fsp3) is 0.211. The molecule has 3 aromatic rings. The smallest absolute Gasteiger partial charge is 0.152 e. The van der Waals surface area contributed by atoms with Crippen molar-refractivity contribution in [3.63, 3.8) is 0 Å². The Bertz CT molecular complexity index is 816. The van der Waals surface area contributed by atoms with Gasteiger partial charge >= 0.3 is 0 Å². The number of carbonyl (C=O) groups is 1. The van der Waals surface area contributed by atoms with Gasteiger partial charge < -0.3 is 9.67 Å². The molecule has 0 aliphatic rings. The van der Waals surface area contributed by atoms with E-state index in [1.807, 2.05) is 24.3 Å². The summed E-state index contributed by atoms with van der Waals surface area (Å²) in [6, 6.07) is 15.4. The Kier molecular flexibility index (Phi) is 3.72. The van der Waals surface area contributed by atoms with Crippen LogP contribution in [0.5, 0.6) is 5.75 Å². The van der Waals surface area contributed by atoms with Crippen molar-refractivity contribution >= 4 is 17.2 Å². The summed E-state index contributed by atoms with van der Waals surface area (Å²) in [7, 11) is 0. The maximum Gasteiger partial charge on any atom is 0.152 e. The van der Waals surface area contributed by atoms with Gasteiger partial charge in [-0.3, -0.25) is 4.79 Å². The lowest BCUT2D eigenvalue weighted by molar-refractivity contribution is 0.112. The van der Waals surface area contributed by atoms with Gasteiger partial charge in [-0.05, 0) is 29.7 Å². The number of carbonyl (C=O) groups excluding carboxylic acids is 1. The molecular weight excluding hydrogens is 274 g/mol. The summed E-state index contributed by atoms with van der Waals surface area (Å²) in [5.74, 6) is 0.404. The first-order valence-electron chi connectivity index (χ1n) is 7.46. The monoisotopic (exact) mass is 293 g/mol. The largest absolute Gasteiger partial charge is 0.508 e. The molecule has 112 valence electrons. The van der Waals surface area contributed by atoms with Crippen LogP contribution in [0, 0.1) is 0 Å². The summed E-state index contributed by atoms with van der Waals surface area (Å²) in [5, 5.41) is 10.6. The van der Waals surface area contributed by atoms with Gasteiger partial charge in [0, 0.05) is 28.7 Å². The minimum Gasteiger partial charge on any atom is -0.508 e. The van der Waals surface area contributed by atoms with Crippen LogP contribution in [0.2, 0.25) is 0 Å². The highest BCUT2D eigenvalue weighted by molar-refractivity contribution is 6.00. The highest BCUT2D eigenvalue weighted by Crippen LogP contribution is 2.32. The van der Waals surface area contributed by atoms with Gasteiger partial charge in [0.15, 0.2) is 6.29 Å². The SMILES string of the molecule is CC(C)c1c(C=O)c2cc(O)ccc2n1Cc1ccccc1. The van der Waals surface area contributed by atoms with Gasteiger partial charge in [0.2, 0.25) is 0 Å². The van der Waals surface area contributed by atoms with Crippen LogP contribution in [0.15, 0.2) is 48.5 Å². The molecular formula is C19H19NO2. The maximum atomic E-state index is 11.6. The summed E-state index contributed by atoms with van der Waals surface area (Å²) < 4.78 is 2.18. The van der Waals surface area contributed by atoms with E-state index in [0.29, 0.717) is 12.1 Å². The van der Waals surface area contributed by atoms with E-state index in [4.69, 9.17) is 0 Å². The summed E-state index contributed by atoms with van der Waals surface area (Å²) in [4.78, 5) is 11.6. The molecule has 0 atom stereocenters. The Morgan fingerprint density at radius 1 is 1.14 bits per heavy atom. The average Bonchev–Trinajstić information content (AvgIpc) is 2.81. The van der Waals surface area contributed by atoms with Gasteiger partial charge in [-0.25, -0.2) is 0 Å². The van der Waals surface area contributed by atoms with Crippen LogP contribution < -0.4 is 0 Å². The Hall–Kier alpha value is -2.55. The van der Waals surface area contributed by atoms with E-state index in [0.717, 1.165) is 22.9 Å². The molecule has 0 fully saturated rings. The number of hydrogen-bond donors (Lipinski definition) is 1. The van der Waals surface area contributed by atoms with Crippen LogP contribution in [0.1, 0.15) is 41.4 Å². The number of hydrogen-bond acceptors (Lipinski definition) is 2. The van der Waals surface area contributed by atoms with Crippen LogP contribution in [0.4, 0.5) is 0 Å². The zero-order valence-electron chi connectivity index (χ0n) is 12.8. The third-order valence-electron chi connectivity index (χ3n) is 3.98. The number of benzene rings is 2. The Labute approximate surface area is 129 Å². The molecule has 1 heterocycles. The van der Waals surface area contributed by atoms with Crippen molar-refractivity contribution in [1.29, 1.82) is 0 Å². The normalized spacial score (nSPS) is 11.2. The number of aromatic hydroxyl groups is 1. The molecule has 1 aromatic heterocycles. The summed E-state index contributed by atoms with van der Waals surface area (Å²) in [6.07, 6.45) is 0.901. The number of aldehydes is 1. The van der Waals surface area contributed by atoms with E-state index in [1.165, 1.54) is 5.56 Å². The van der Waals surface area contributed by atoms with E-state index < -0.39 is 0 Å². The van der Waals surface area contributed by atoms with Crippen molar-refractivity contribution in [2.45, 2.75) is 26.3 Å². The quantitative estimate of drug-likeness (QED) is 0.727. The number of nitrogens with zero attached hydrogens (tertiary/aromatic N) is 1. The first-order chi connectivity index (χ1) is 10.6. The predicted octanol–water partition coefficient (Wildman–Crippen LogP) is 4.33. The van der Waals surface area contributed by atoms with Crippen LogP contribution in [-0.4, -0.2) is 16.0 Å². The minimum absolute atomic E-state index is 0.183. The third-order valence-corrected chi connectivity index (χ3v) is 3.98. The molecule has 1 N–H and O–H groups in total. The van der Waals surface area contributed by atoms with Gasteiger partial charge in [-0.15, -0.1) is 0 Å². The molecule has 0 saturated carbocycles. The van der Waals surface area contributed by atoms with Crippen molar-refractivity contribution in [2.75, 3.05) is 0 Å². The number of rotatable bonds is 4. The molecule has 0 bridgehead atoms. The zero-order valence-corrected chi connectivity index (χ0v) is 12.8. The number of phenols is 1. The van der Waals surface area contributed by atoms with E-state index in [2.05, 4.69) is 30.5 Å². The number of fused-ring (bicyclic) bond motifs is 1. The van der Waals surface area contributed by atoms with Crippen molar-refractivity contribution in [3.8, 4) is 5.75 Å². The van der Waals surface area contributed by atoms with Crippen LogP contribution in [0.25, 0.3) is 10.9 Å². The standard InChI is InChI=1S/C19H19NO2/c1-13(2)19-17(12-21)16-10-15(22)8-9-18(16)20(19)11-14-6-4-3-5-7-14/h3-10,12-13,22H,11H2,1-2H3. The molecule has 3 rings (SSSR count). The van der Waals surface area contributed by atoms with Crippen molar-refractivity contribution in [1.82, 2.24) is 4.57 Å². The van der Waals surface area contributed by atoms with Gasteiger partial charge in [0.05, 0.1) is 0 Å². The second-order valence-electron chi connectivity index (χ2n) is 5.84. The molecule has 0 aliphatic carbocycles. The second-order valence-corrected chi connectivity index (χ2v) is 5.84. The molecule has 0 radical (unpaired) electrons. The second kappa shape index (κ2) is 5.68. The first kappa shape index (κ1) is 14.4. The van der Waals surface area contributed by atoms with Crippen LogP contribution in [-0.2, 0) is 6.54 Å². The van der Waals surface area contributed by atoms with Crippen molar-refractivity contribution in [3.05, 3.63) is 65.4 Å². The van der Waals surface area contributed by atoms with Crippen LogP contribution in [0.3, 0.4) is 0 Å². The number of phenolic OH excluding ortho intramolecular Hbond substituents is 1. The molecule has 0 aliphatic heterocycles.